The highest BCUT2D eigenvalue weighted by Gasteiger charge is 2.46. The van der Waals surface area contributed by atoms with Crippen LogP contribution < -0.4 is 4.90 Å². The van der Waals surface area contributed by atoms with Crippen molar-refractivity contribution in [1.29, 1.82) is 0 Å². The highest BCUT2D eigenvalue weighted by Crippen LogP contribution is 2.48. The third-order valence-corrected chi connectivity index (χ3v) is 6.82. The van der Waals surface area contributed by atoms with Crippen LogP contribution in [-0.2, 0) is 20.7 Å². The van der Waals surface area contributed by atoms with Crippen molar-refractivity contribution in [2.45, 2.75) is 39.0 Å². The molecule has 2 aromatic heterocycles. The number of nitrogens with zero attached hydrogens (tertiary/aromatic N) is 6. The molecule has 0 spiro atoms. The average Bonchev–Trinajstić information content (AvgIpc) is 3.53. The van der Waals surface area contributed by atoms with Crippen LogP contribution in [0.1, 0.15) is 42.5 Å². The van der Waals surface area contributed by atoms with Crippen LogP contribution >= 0.6 is 0 Å². The Labute approximate surface area is 198 Å². The maximum atomic E-state index is 13.1. The standard InChI is InChI=1S/C25H30N6O3/c1-3-34-22(32)10-9-19-17(2)28-25-26-16-27-31(25)23(19)29-11-13-30(14-12-29)24(33)21-15-20(21)18-7-5-4-6-8-18/h4-8,16,20-21H,3,9-15H2,1-2H3/t20-,21-/m0/s1. The normalized spacial score (nSPS) is 19.9. The lowest BCUT2D eigenvalue weighted by molar-refractivity contribution is -0.143. The molecule has 9 heteroatoms. The van der Waals surface area contributed by atoms with Gasteiger partial charge >= 0.3 is 5.97 Å². The van der Waals surface area contributed by atoms with E-state index in [1.165, 1.54) is 11.9 Å². The van der Waals surface area contributed by atoms with Crippen LogP contribution in [0.2, 0.25) is 0 Å². The summed E-state index contributed by atoms with van der Waals surface area (Å²) in [4.78, 5) is 38.2. The molecule has 5 rings (SSSR count). The first-order valence-corrected chi connectivity index (χ1v) is 12.0. The highest BCUT2D eigenvalue weighted by atomic mass is 16.5. The fourth-order valence-electron chi connectivity index (χ4n) is 4.96. The van der Waals surface area contributed by atoms with Gasteiger partial charge in [0.15, 0.2) is 0 Å². The second-order valence-corrected chi connectivity index (χ2v) is 8.95. The first-order chi connectivity index (χ1) is 16.6. The monoisotopic (exact) mass is 462 g/mol. The molecule has 0 unspecified atom stereocenters. The Kier molecular flexibility index (Phi) is 6.17. The predicted octanol–water partition coefficient (Wildman–Crippen LogP) is 2.38. The highest BCUT2D eigenvalue weighted by molar-refractivity contribution is 5.83. The number of aryl methyl sites for hydroxylation is 1. The number of amides is 1. The Morgan fingerprint density at radius 2 is 1.88 bits per heavy atom. The number of fused-ring (bicyclic) bond motifs is 1. The molecule has 2 fully saturated rings. The second-order valence-electron chi connectivity index (χ2n) is 8.95. The Balaban J connectivity index is 1.30. The van der Waals surface area contributed by atoms with E-state index in [0.717, 1.165) is 23.5 Å². The molecule has 2 aliphatic rings. The molecule has 1 aliphatic carbocycles. The number of hydrogen-bond donors (Lipinski definition) is 0. The van der Waals surface area contributed by atoms with Crippen molar-refractivity contribution >= 4 is 23.5 Å². The Hall–Kier alpha value is -3.49. The molecule has 3 aromatic rings. The molecule has 3 heterocycles. The molecule has 1 amide bonds. The summed E-state index contributed by atoms with van der Waals surface area (Å²) in [6.07, 6.45) is 3.23. The first-order valence-electron chi connectivity index (χ1n) is 12.0. The van der Waals surface area contributed by atoms with Crippen molar-refractivity contribution in [2.75, 3.05) is 37.7 Å². The second kappa shape index (κ2) is 9.40. The first kappa shape index (κ1) is 22.3. The van der Waals surface area contributed by atoms with E-state index in [1.807, 2.05) is 36.9 Å². The molecule has 2 atom stereocenters. The smallest absolute Gasteiger partial charge is 0.306 e. The molecule has 9 nitrogen and oxygen atoms in total. The minimum absolute atomic E-state index is 0.0966. The van der Waals surface area contributed by atoms with Gasteiger partial charge in [-0.05, 0) is 38.2 Å². The van der Waals surface area contributed by atoms with Gasteiger partial charge in [-0.3, -0.25) is 9.59 Å². The largest absolute Gasteiger partial charge is 0.466 e. The number of aromatic nitrogens is 4. The summed E-state index contributed by atoms with van der Waals surface area (Å²) in [6, 6.07) is 10.3. The van der Waals surface area contributed by atoms with E-state index in [0.29, 0.717) is 50.9 Å². The van der Waals surface area contributed by atoms with E-state index in [4.69, 9.17) is 4.74 Å². The van der Waals surface area contributed by atoms with Gasteiger partial charge in [-0.2, -0.15) is 14.6 Å². The van der Waals surface area contributed by atoms with Crippen LogP contribution in [0.4, 0.5) is 5.82 Å². The Morgan fingerprint density at radius 1 is 1.12 bits per heavy atom. The van der Waals surface area contributed by atoms with E-state index in [2.05, 4.69) is 32.1 Å². The van der Waals surface area contributed by atoms with Gasteiger partial charge in [0.1, 0.15) is 12.1 Å². The zero-order valence-electron chi connectivity index (χ0n) is 19.7. The van der Waals surface area contributed by atoms with Crippen molar-refractivity contribution in [3.63, 3.8) is 0 Å². The van der Waals surface area contributed by atoms with E-state index < -0.39 is 0 Å². The van der Waals surface area contributed by atoms with Crippen LogP contribution in [0.15, 0.2) is 36.7 Å². The molecule has 178 valence electrons. The summed E-state index contributed by atoms with van der Waals surface area (Å²) in [6.45, 7) is 6.82. The van der Waals surface area contributed by atoms with Crippen LogP contribution in [0, 0.1) is 12.8 Å². The van der Waals surface area contributed by atoms with Crippen LogP contribution in [0.5, 0.6) is 0 Å². The van der Waals surface area contributed by atoms with E-state index in [-0.39, 0.29) is 24.2 Å². The van der Waals surface area contributed by atoms with Crippen molar-refractivity contribution in [1.82, 2.24) is 24.5 Å². The lowest BCUT2D eigenvalue weighted by atomic mass is 10.1. The van der Waals surface area contributed by atoms with Gasteiger partial charge in [-0.15, -0.1) is 0 Å². The quantitative estimate of drug-likeness (QED) is 0.498. The zero-order chi connectivity index (χ0) is 23.7. The number of hydrogen-bond acceptors (Lipinski definition) is 7. The molecule has 0 radical (unpaired) electrons. The molecule has 34 heavy (non-hydrogen) atoms. The summed E-state index contributed by atoms with van der Waals surface area (Å²) in [5.74, 6) is 1.92. The third kappa shape index (κ3) is 4.34. The molecule has 1 saturated heterocycles. The lowest BCUT2D eigenvalue weighted by Gasteiger charge is -2.37. The summed E-state index contributed by atoms with van der Waals surface area (Å²) in [5, 5.41) is 4.40. The van der Waals surface area contributed by atoms with E-state index >= 15 is 0 Å². The lowest BCUT2D eigenvalue weighted by Crippen LogP contribution is -2.50. The van der Waals surface area contributed by atoms with Crippen molar-refractivity contribution in [3.8, 4) is 0 Å². The molecular weight excluding hydrogens is 432 g/mol. The van der Waals surface area contributed by atoms with Crippen LogP contribution in [-0.4, -0.2) is 69.1 Å². The van der Waals surface area contributed by atoms with Gasteiger partial charge in [0.05, 0.1) is 6.61 Å². The van der Waals surface area contributed by atoms with Gasteiger partial charge in [0, 0.05) is 49.8 Å². The van der Waals surface area contributed by atoms with Gasteiger partial charge in [0.2, 0.25) is 5.91 Å². The summed E-state index contributed by atoms with van der Waals surface area (Å²) in [5.41, 5.74) is 3.06. The zero-order valence-corrected chi connectivity index (χ0v) is 19.7. The van der Waals surface area contributed by atoms with Gasteiger partial charge in [-0.25, -0.2) is 4.98 Å². The maximum Gasteiger partial charge on any atom is 0.306 e. The number of esters is 1. The summed E-state index contributed by atoms with van der Waals surface area (Å²) >= 11 is 0. The molecule has 1 aromatic carbocycles. The van der Waals surface area contributed by atoms with Crippen molar-refractivity contribution < 1.29 is 14.3 Å². The third-order valence-electron chi connectivity index (χ3n) is 6.82. The van der Waals surface area contributed by atoms with Gasteiger partial charge < -0.3 is 14.5 Å². The van der Waals surface area contributed by atoms with Crippen LogP contribution in [0.25, 0.3) is 5.78 Å². The topological polar surface area (TPSA) is 92.9 Å². The Morgan fingerprint density at radius 3 is 2.62 bits per heavy atom. The average molecular weight is 463 g/mol. The molecule has 1 aliphatic heterocycles. The predicted molar refractivity (Wildman–Crippen MR) is 127 cm³/mol. The fraction of sp³-hybridized carbons (Fsp3) is 0.480. The van der Waals surface area contributed by atoms with E-state index in [1.54, 1.807) is 4.52 Å². The number of piperazine rings is 1. The summed E-state index contributed by atoms with van der Waals surface area (Å²) in [7, 11) is 0. The van der Waals surface area contributed by atoms with Crippen LogP contribution in [0.3, 0.4) is 0 Å². The number of carbonyl (C=O) groups is 2. The fourth-order valence-corrected chi connectivity index (χ4v) is 4.96. The maximum absolute atomic E-state index is 13.1. The molecule has 0 bridgehead atoms. The Bertz CT molecular complexity index is 1190. The number of ether oxygens (including phenoxy) is 1. The van der Waals surface area contributed by atoms with Crippen molar-refractivity contribution in [2.24, 2.45) is 5.92 Å². The van der Waals surface area contributed by atoms with E-state index in [9.17, 15) is 9.59 Å². The van der Waals surface area contributed by atoms with Crippen molar-refractivity contribution in [3.05, 3.63) is 53.5 Å². The summed E-state index contributed by atoms with van der Waals surface area (Å²) < 4.78 is 6.87. The number of benzene rings is 1. The van der Waals surface area contributed by atoms with Gasteiger partial charge in [-0.1, -0.05) is 30.3 Å². The minimum atomic E-state index is -0.223. The molecule has 0 N–H and O–H groups in total. The van der Waals surface area contributed by atoms with Gasteiger partial charge in [0.25, 0.3) is 5.78 Å². The molecular formula is C25H30N6O3. The number of anilines is 1. The molecule has 1 saturated carbocycles. The SMILES string of the molecule is CCOC(=O)CCc1c(C)nc2ncnn2c1N1CCN(C(=O)[C@H]2C[C@H]2c2ccccc2)CC1. The minimum Gasteiger partial charge on any atom is -0.466 e. The number of rotatable bonds is 7. The number of carbonyl (C=O) groups excluding carboxylic acids is 2.